The molecule has 1 heterocycles. The molecule has 1 N–H and O–H groups in total. The third kappa shape index (κ3) is 3.42. The van der Waals surface area contributed by atoms with Gasteiger partial charge in [-0.15, -0.1) is 0 Å². The molecule has 0 bridgehead atoms. The van der Waals surface area contributed by atoms with Gasteiger partial charge < -0.3 is 10.1 Å². The fourth-order valence-corrected chi connectivity index (χ4v) is 1.55. The maximum atomic E-state index is 13.7. The quantitative estimate of drug-likeness (QED) is 0.915. The van der Waals surface area contributed by atoms with Crippen LogP contribution in [-0.2, 0) is 0 Å². The summed E-state index contributed by atoms with van der Waals surface area (Å²) in [6.45, 7) is 2.58. The summed E-state index contributed by atoms with van der Waals surface area (Å²) in [5.74, 6) is -1.82. The fourth-order valence-electron chi connectivity index (χ4n) is 1.55. The highest BCUT2D eigenvalue weighted by Gasteiger charge is 2.14. The van der Waals surface area contributed by atoms with Crippen molar-refractivity contribution in [1.82, 2.24) is 9.97 Å². The van der Waals surface area contributed by atoms with Crippen LogP contribution in [0.5, 0.6) is 11.6 Å². The van der Waals surface area contributed by atoms with E-state index >= 15 is 0 Å². The lowest BCUT2D eigenvalue weighted by atomic mass is 10.2. The zero-order valence-electron chi connectivity index (χ0n) is 11.2. The van der Waals surface area contributed by atoms with E-state index in [2.05, 4.69) is 15.3 Å². The summed E-state index contributed by atoms with van der Waals surface area (Å²) in [5.41, 5.74) is -0.307. The molecule has 0 fully saturated rings. The van der Waals surface area contributed by atoms with Gasteiger partial charge in [-0.25, -0.2) is 9.37 Å². The van der Waals surface area contributed by atoms with Gasteiger partial charge in [0.2, 0.25) is 11.8 Å². The molecule has 2 rings (SSSR count). The van der Waals surface area contributed by atoms with Crippen molar-refractivity contribution in [2.75, 3.05) is 11.9 Å². The number of aromatic nitrogens is 2. The van der Waals surface area contributed by atoms with Crippen molar-refractivity contribution in [3.05, 3.63) is 41.6 Å². The van der Waals surface area contributed by atoms with E-state index < -0.39 is 11.6 Å². The molecule has 0 aliphatic carbocycles. The van der Waals surface area contributed by atoms with E-state index in [1.165, 1.54) is 12.1 Å². The van der Waals surface area contributed by atoms with Gasteiger partial charge in [0.15, 0.2) is 0 Å². The third-order valence-corrected chi connectivity index (χ3v) is 2.54. The molecule has 1 aromatic heterocycles. The Morgan fingerprint density at radius 2 is 2.14 bits per heavy atom. The Balaban J connectivity index is 2.31. The molecule has 0 saturated carbocycles. The molecule has 0 aliphatic heterocycles. The average molecular weight is 290 g/mol. The van der Waals surface area contributed by atoms with Crippen molar-refractivity contribution >= 4 is 5.95 Å². The van der Waals surface area contributed by atoms with E-state index in [0.29, 0.717) is 6.54 Å². The Labute approximate surface area is 120 Å². The Morgan fingerprint density at radius 3 is 2.86 bits per heavy atom. The molecule has 7 heteroatoms. The number of hydrogen-bond acceptors (Lipinski definition) is 5. The molecule has 0 amide bonds. The normalized spacial score (nSPS) is 10.0. The maximum Gasteiger partial charge on any atom is 0.260 e. The Kier molecular flexibility index (Phi) is 4.61. The smallest absolute Gasteiger partial charge is 0.260 e. The number of hydrogen-bond donors (Lipinski definition) is 1. The Bertz CT molecular complexity index is 685. The molecule has 0 atom stereocenters. The number of nitriles is 1. The second-order valence-corrected chi connectivity index (χ2v) is 4.10. The lowest BCUT2D eigenvalue weighted by Crippen LogP contribution is -2.06. The van der Waals surface area contributed by atoms with Crippen LogP contribution in [0.2, 0.25) is 0 Å². The van der Waals surface area contributed by atoms with E-state index in [1.807, 2.05) is 6.92 Å². The number of ether oxygens (including phenoxy) is 1. The summed E-state index contributed by atoms with van der Waals surface area (Å²) in [4.78, 5) is 7.62. The monoisotopic (exact) mass is 290 g/mol. The lowest BCUT2D eigenvalue weighted by Gasteiger charge is -2.09. The van der Waals surface area contributed by atoms with E-state index in [9.17, 15) is 8.78 Å². The Hall–Kier alpha value is -2.75. The first kappa shape index (κ1) is 14.7. The van der Waals surface area contributed by atoms with Crippen LogP contribution in [0, 0.1) is 23.0 Å². The van der Waals surface area contributed by atoms with Gasteiger partial charge in [0.05, 0.1) is 6.20 Å². The van der Waals surface area contributed by atoms with Gasteiger partial charge in [-0.3, -0.25) is 0 Å². The van der Waals surface area contributed by atoms with Crippen molar-refractivity contribution in [3.63, 3.8) is 0 Å². The zero-order chi connectivity index (χ0) is 15.2. The van der Waals surface area contributed by atoms with E-state index in [4.69, 9.17) is 10.00 Å². The second-order valence-electron chi connectivity index (χ2n) is 4.10. The van der Waals surface area contributed by atoms with E-state index in [-0.39, 0.29) is 23.1 Å². The summed E-state index contributed by atoms with van der Waals surface area (Å²) >= 11 is 0. The number of anilines is 1. The molecule has 2 aromatic rings. The Morgan fingerprint density at radius 1 is 1.33 bits per heavy atom. The van der Waals surface area contributed by atoms with Gasteiger partial charge in [0.25, 0.3) is 5.88 Å². The first-order valence-electron chi connectivity index (χ1n) is 6.28. The molecular weight excluding hydrogens is 278 g/mol. The SMILES string of the molecule is CCCNc1ncc(F)c(Oc2cccc(F)c2C#N)n1. The summed E-state index contributed by atoms with van der Waals surface area (Å²) in [5, 5.41) is 11.8. The van der Waals surface area contributed by atoms with Gasteiger partial charge in [-0.2, -0.15) is 14.6 Å². The fraction of sp³-hybridized carbons (Fsp3) is 0.214. The topological polar surface area (TPSA) is 70.8 Å². The second kappa shape index (κ2) is 6.61. The van der Waals surface area contributed by atoms with Crippen LogP contribution in [0.4, 0.5) is 14.7 Å². The summed E-state index contributed by atoms with van der Waals surface area (Å²) < 4.78 is 32.3. The molecule has 0 saturated heterocycles. The van der Waals surface area contributed by atoms with Crippen LogP contribution >= 0.6 is 0 Å². The first-order chi connectivity index (χ1) is 10.2. The van der Waals surface area contributed by atoms with Crippen LogP contribution in [0.3, 0.4) is 0 Å². The first-order valence-corrected chi connectivity index (χ1v) is 6.28. The van der Waals surface area contributed by atoms with Crippen molar-refractivity contribution < 1.29 is 13.5 Å². The van der Waals surface area contributed by atoms with Gasteiger partial charge in [-0.1, -0.05) is 13.0 Å². The van der Waals surface area contributed by atoms with Crippen LogP contribution in [0.15, 0.2) is 24.4 Å². The third-order valence-electron chi connectivity index (χ3n) is 2.54. The van der Waals surface area contributed by atoms with Crippen molar-refractivity contribution in [2.24, 2.45) is 0 Å². The largest absolute Gasteiger partial charge is 0.435 e. The molecule has 5 nitrogen and oxygen atoms in total. The molecule has 21 heavy (non-hydrogen) atoms. The summed E-state index contributed by atoms with van der Waals surface area (Å²) in [7, 11) is 0. The van der Waals surface area contributed by atoms with Gasteiger partial charge in [-0.05, 0) is 18.6 Å². The highest BCUT2D eigenvalue weighted by Crippen LogP contribution is 2.27. The minimum atomic E-state index is -0.801. The average Bonchev–Trinajstić information content (AvgIpc) is 2.48. The van der Waals surface area contributed by atoms with Crippen LogP contribution in [0.1, 0.15) is 18.9 Å². The minimum Gasteiger partial charge on any atom is -0.435 e. The number of rotatable bonds is 5. The van der Waals surface area contributed by atoms with Crippen LogP contribution < -0.4 is 10.1 Å². The summed E-state index contributed by atoms with van der Waals surface area (Å²) in [6.07, 6.45) is 1.80. The molecule has 0 aliphatic rings. The molecule has 0 radical (unpaired) electrons. The number of nitrogens with one attached hydrogen (secondary N) is 1. The van der Waals surface area contributed by atoms with Crippen molar-refractivity contribution in [1.29, 1.82) is 5.26 Å². The van der Waals surface area contributed by atoms with E-state index in [1.54, 1.807) is 6.07 Å². The van der Waals surface area contributed by atoms with Crippen LogP contribution in [0.25, 0.3) is 0 Å². The molecule has 108 valence electrons. The van der Waals surface area contributed by atoms with Gasteiger partial charge in [0, 0.05) is 6.54 Å². The molecule has 1 aromatic carbocycles. The standard InChI is InChI=1S/C14H12F2N4O/c1-2-6-18-14-19-8-11(16)13(20-14)21-12-5-3-4-10(15)9(12)7-17/h3-5,8H,2,6H2,1H3,(H,18,19,20). The molecular formula is C14H12F2N4O. The number of halogens is 2. The molecule has 0 unspecified atom stereocenters. The van der Waals surface area contributed by atoms with E-state index in [0.717, 1.165) is 18.7 Å². The summed E-state index contributed by atoms with van der Waals surface area (Å²) in [6, 6.07) is 5.52. The van der Waals surface area contributed by atoms with Crippen molar-refractivity contribution in [2.45, 2.75) is 13.3 Å². The van der Waals surface area contributed by atoms with Crippen LogP contribution in [-0.4, -0.2) is 16.5 Å². The van der Waals surface area contributed by atoms with Gasteiger partial charge in [0.1, 0.15) is 23.2 Å². The zero-order valence-corrected chi connectivity index (χ0v) is 11.2. The predicted molar refractivity (Wildman–Crippen MR) is 72.0 cm³/mol. The highest BCUT2D eigenvalue weighted by molar-refractivity contribution is 5.45. The highest BCUT2D eigenvalue weighted by atomic mass is 19.1. The minimum absolute atomic E-state index is 0.100. The van der Waals surface area contributed by atoms with Crippen molar-refractivity contribution in [3.8, 4) is 17.7 Å². The number of nitrogens with zero attached hydrogens (tertiary/aromatic N) is 3. The number of benzene rings is 1. The van der Waals surface area contributed by atoms with Gasteiger partial charge >= 0.3 is 0 Å². The molecule has 0 spiro atoms. The predicted octanol–water partition coefficient (Wildman–Crippen LogP) is 3.24. The maximum absolute atomic E-state index is 13.7. The lowest BCUT2D eigenvalue weighted by molar-refractivity contribution is 0.416.